The summed E-state index contributed by atoms with van der Waals surface area (Å²) in [6.07, 6.45) is 3.99. The molecule has 1 aromatic carbocycles. The molecule has 1 aromatic rings. The summed E-state index contributed by atoms with van der Waals surface area (Å²) in [5, 5.41) is 0.852. The Morgan fingerprint density at radius 2 is 1.86 bits per heavy atom. The second-order valence-corrected chi connectivity index (χ2v) is 7.26. The minimum absolute atomic E-state index is 0.118. The van der Waals surface area contributed by atoms with Crippen molar-refractivity contribution in [1.82, 2.24) is 9.80 Å². The van der Waals surface area contributed by atoms with E-state index in [1.165, 1.54) is 16.7 Å². The molecule has 0 unspecified atom stereocenters. The topological polar surface area (TPSA) is 35.9 Å². The van der Waals surface area contributed by atoms with Crippen LogP contribution in [0.1, 0.15) is 5.56 Å². The smallest absolute Gasteiger partial charge is 0.286 e. The Balaban J connectivity index is 1.69. The first-order chi connectivity index (χ1) is 10.7. The van der Waals surface area contributed by atoms with Gasteiger partial charge in [-0.2, -0.15) is 4.99 Å². The molecule has 4 nitrogen and oxygen atoms in total. The van der Waals surface area contributed by atoms with Crippen LogP contribution >= 0.6 is 23.5 Å². The fourth-order valence-electron chi connectivity index (χ4n) is 2.38. The standard InChI is InChI=1S/C16H19N3OS2/c1-18-7-9-19(10-8-18)16-17-15(20)14(22-16)11-12-3-5-13(21-2)6-4-12/h3-6,11H,7-10H2,1-2H3. The van der Waals surface area contributed by atoms with Crippen LogP contribution in [0, 0.1) is 0 Å². The number of benzene rings is 1. The van der Waals surface area contributed by atoms with Gasteiger partial charge in [-0.25, -0.2) is 0 Å². The minimum atomic E-state index is -0.118. The highest BCUT2D eigenvalue weighted by molar-refractivity contribution is 8.18. The van der Waals surface area contributed by atoms with Crippen LogP contribution in [0.4, 0.5) is 0 Å². The monoisotopic (exact) mass is 333 g/mol. The van der Waals surface area contributed by atoms with Crippen molar-refractivity contribution in [1.29, 1.82) is 0 Å². The molecule has 1 saturated heterocycles. The fraction of sp³-hybridized carbons (Fsp3) is 0.375. The van der Waals surface area contributed by atoms with Crippen LogP contribution in [-0.4, -0.2) is 60.4 Å². The number of thioether (sulfide) groups is 2. The second kappa shape index (κ2) is 6.89. The Bertz CT molecular complexity index is 617. The van der Waals surface area contributed by atoms with Crippen LogP contribution < -0.4 is 0 Å². The van der Waals surface area contributed by atoms with Gasteiger partial charge in [0.2, 0.25) is 0 Å². The number of piperazine rings is 1. The van der Waals surface area contributed by atoms with E-state index in [2.05, 4.69) is 40.2 Å². The van der Waals surface area contributed by atoms with Crippen molar-refractivity contribution in [2.24, 2.45) is 4.99 Å². The SMILES string of the molecule is CSc1ccc(C=C2SC(N3CCN(C)CC3)=NC2=O)cc1. The van der Waals surface area contributed by atoms with Crippen LogP contribution in [0.3, 0.4) is 0 Å². The van der Waals surface area contributed by atoms with E-state index in [-0.39, 0.29) is 5.91 Å². The molecular formula is C16H19N3OS2. The molecule has 22 heavy (non-hydrogen) atoms. The molecule has 0 N–H and O–H groups in total. The zero-order valence-electron chi connectivity index (χ0n) is 12.8. The zero-order valence-corrected chi connectivity index (χ0v) is 14.4. The van der Waals surface area contributed by atoms with Gasteiger partial charge in [0, 0.05) is 31.1 Å². The molecule has 1 fully saturated rings. The molecule has 116 valence electrons. The second-order valence-electron chi connectivity index (χ2n) is 5.37. The van der Waals surface area contributed by atoms with E-state index in [4.69, 9.17) is 0 Å². The summed E-state index contributed by atoms with van der Waals surface area (Å²) in [5.74, 6) is -0.118. The van der Waals surface area contributed by atoms with E-state index in [1.807, 2.05) is 18.2 Å². The number of likely N-dealkylation sites (N-methyl/N-ethyl adjacent to an activating group) is 1. The number of carbonyl (C=O) groups is 1. The lowest BCUT2D eigenvalue weighted by Gasteiger charge is -2.32. The van der Waals surface area contributed by atoms with E-state index in [0.717, 1.165) is 36.9 Å². The van der Waals surface area contributed by atoms with E-state index >= 15 is 0 Å². The quantitative estimate of drug-likeness (QED) is 0.614. The van der Waals surface area contributed by atoms with Crippen molar-refractivity contribution in [2.45, 2.75) is 4.90 Å². The minimum Gasteiger partial charge on any atom is -0.348 e. The van der Waals surface area contributed by atoms with Crippen molar-refractivity contribution in [3.8, 4) is 0 Å². The lowest BCUT2D eigenvalue weighted by Crippen LogP contribution is -2.46. The molecule has 2 aliphatic heterocycles. The average Bonchev–Trinajstić information content (AvgIpc) is 2.90. The molecule has 0 spiro atoms. The summed E-state index contributed by atoms with van der Waals surface area (Å²) in [4.78, 5) is 22.8. The summed E-state index contributed by atoms with van der Waals surface area (Å²) < 4.78 is 0. The van der Waals surface area contributed by atoms with E-state index < -0.39 is 0 Å². The summed E-state index contributed by atoms with van der Waals surface area (Å²) in [6, 6.07) is 8.23. The molecule has 0 aromatic heterocycles. The van der Waals surface area contributed by atoms with Gasteiger partial charge in [-0.3, -0.25) is 4.79 Å². The highest BCUT2D eigenvalue weighted by atomic mass is 32.2. The van der Waals surface area contributed by atoms with E-state index in [0.29, 0.717) is 4.91 Å². The van der Waals surface area contributed by atoms with Crippen molar-refractivity contribution in [2.75, 3.05) is 39.5 Å². The van der Waals surface area contributed by atoms with Gasteiger partial charge in [0.15, 0.2) is 5.17 Å². The number of amides is 1. The van der Waals surface area contributed by atoms with Gasteiger partial charge in [-0.05, 0) is 48.8 Å². The molecule has 0 bridgehead atoms. The van der Waals surface area contributed by atoms with Gasteiger partial charge in [-0.1, -0.05) is 12.1 Å². The van der Waals surface area contributed by atoms with E-state index in [1.54, 1.807) is 11.8 Å². The first-order valence-corrected chi connectivity index (χ1v) is 9.30. The number of carbonyl (C=O) groups excluding carboxylic acids is 1. The Labute approximate surface area is 139 Å². The third kappa shape index (κ3) is 3.56. The average molecular weight is 333 g/mol. The molecule has 0 saturated carbocycles. The Morgan fingerprint density at radius 3 is 2.50 bits per heavy atom. The van der Waals surface area contributed by atoms with Crippen LogP contribution in [-0.2, 0) is 4.79 Å². The van der Waals surface area contributed by atoms with Gasteiger partial charge in [0.25, 0.3) is 5.91 Å². The molecule has 3 rings (SSSR count). The molecular weight excluding hydrogens is 314 g/mol. The van der Waals surface area contributed by atoms with Crippen molar-refractivity contribution in [3.05, 3.63) is 34.7 Å². The number of hydrogen-bond acceptors (Lipinski definition) is 5. The summed E-state index contributed by atoms with van der Waals surface area (Å²) in [7, 11) is 2.12. The molecule has 1 amide bonds. The molecule has 0 radical (unpaired) electrons. The number of aliphatic imine (C=N–C) groups is 1. The van der Waals surface area contributed by atoms with Gasteiger partial charge in [0.1, 0.15) is 0 Å². The lowest BCUT2D eigenvalue weighted by atomic mass is 10.2. The lowest BCUT2D eigenvalue weighted by molar-refractivity contribution is -0.113. The van der Waals surface area contributed by atoms with E-state index in [9.17, 15) is 4.79 Å². The van der Waals surface area contributed by atoms with Crippen LogP contribution in [0.25, 0.3) is 6.08 Å². The predicted molar refractivity (Wildman–Crippen MR) is 95.3 cm³/mol. The van der Waals surface area contributed by atoms with Crippen molar-refractivity contribution in [3.63, 3.8) is 0 Å². The van der Waals surface area contributed by atoms with Crippen LogP contribution in [0.2, 0.25) is 0 Å². The maximum Gasteiger partial charge on any atom is 0.286 e. The maximum absolute atomic E-state index is 12.1. The first-order valence-electron chi connectivity index (χ1n) is 7.26. The molecule has 0 atom stereocenters. The van der Waals surface area contributed by atoms with Crippen LogP contribution in [0.5, 0.6) is 0 Å². The number of rotatable bonds is 2. The number of amidine groups is 1. The Morgan fingerprint density at radius 1 is 1.18 bits per heavy atom. The van der Waals surface area contributed by atoms with Gasteiger partial charge < -0.3 is 9.80 Å². The third-order valence-corrected chi connectivity index (χ3v) is 5.58. The van der Waals surface area contributed by atoms with Crippen molar-refractivity contribution < 1.29 is 4.79 Å². The highest BCUT2D eigenvalue weighted by Gasteiger charge is 2.27. The fourth-order valence-corrected chi connectivity index (χ4v) is 3.76. The molecule has 2 aliphatic rings. The zero-order chi connectivity index (χ0) is 15.5. The third-order valence-electron chi connectivity index (χ3n) is 3.80. The van der Waals surface area contributed by atoms with Gasteiger partial charge in [-0.15, -0.1) is 11.8 Å². The summed E-state index contributed by atoms with van der Waals surface area (Å²) in [6.45, 7) is 3.91. The summed E-state index contributed by atoms with van der Waals surface area (Å²) in [5.41, 5.74) is 1.04. The predicted octanol–water partition coefficient (Wildman–Crippen LogP) is 2.63. The largest absolute Gasteiger partial charge is 0.348 e. The number of hydrogen-bond donors (Lipinski definition) is 0. The Hall–Kier alpha value is -1.24. The number of nitrogens with zero attached hydrogens (tertiary/aromatic N) is 3. The maximum atomic E-state index is 12.1. The normalized spacial score (nSPS) is 21.5. The van der Waals surface area contributed by atoms with Crippen LogP contribution in [0.15, 0.2) is 39.1 Å². The Kier molecular flexibility index (Phi) is 4.90. The first kappa shape index (κ1) is 15.6. The summed E-state index contributed by atoms with van der Waals surface area (Å²) >= 11 is 3.21. The molecule has 0 aliphatic carbocycles. The molecule has 6 heteroatoms. The molecule has 2 heterocycles. The van der Waals surface area contributed by atoms with Crippen molar-refractivity contribution >= 4 is 40.7 Å². The highest BCUT2D eigenvalue weighted by Crippen LogP contribution is 2.30. The van der Waals surface area contributed by atoms with Gasteiger partial charge in [0.05, 0.1) is 4.91 Å². The van der Waals surface area contributed by atoms with Gasteiger partial charge >= 0.3 is 0 Å².